The molecule has 1 heterocycles. The lowest BCUT2D eigenvalue weighted by atomic mass is 9.98. The van der Waals surface area contributed by atoms with Crippen LogP contribution in [0.2, 0.25) is 0 Å². The van der Waals surface area contributed by atoms with Crippen molar-refractivity contribution in [1.29, 1.82) is 0 Å². The van der Waals surface area contributed by atoms with Crippen LogP contribution >= 0.6 is 0 Å². The van der Waals surface area contributed by atoms with Crippen molar-refractivity contribution in [2.24, 2.45) is 0 Å². The fourth-order valence-corrected chi connectivity index (χ4v) is 2.64. The summed E-state index contributed by atoms with van der Waals surface area (Å²) in [7, 11) is 3.05. The van der Waals surface area contributed by atoms with E-state index >= 15 is 0 Å². The molecule has 4 nitrogen and oxygen atoms in total. The normalized spacial score (nSPS) is 19.9. The van der Waals surface area contributed by atoms with Crippen LogP contribution in [0.3, 0.4) is 0 Å². The molecular weight excluding hydrogens is 261 g/mol. The highest BCUT2D eigenvalue weighted by molar-refractivity contribution is 5.45. The van der Waals surface area contributed by atoms with Gasteiger partial charge in [-0.05, 0) is 25.5 Å². The average molecular weight is 283 g/mol. The van der Waals surface area contributed by atoms with Gasteiger partial charge in [-0.3, -0.25) is 0 Å². The van der Waals surface area contributed by atoms with Crippen LogP contribution < -0.4 is 14.8 Å². The SMILES string of the molecule is CCNC(c1cc(OC)c(OC)cc1F)C1CCCO1. The fraction of sp³-hybridized carbons (Fsp3) is 0.600. The highest BCUT2D eigenvalue weighted by atomic mass is 19.1. The van der Waals surface area contributed by atoms with E-state index in [4.69, 9.17) is 14.2 Å². The van der Waals surface area contributed by atoms with Gasteiger partial charge in [-0.1, -0.05) is 6.92 Å². The lowest BCUT2D eigenvalue weighted by Gasteiger charge is -2.25. The summed E-state index contributed by atoms with van der Waals surface area (Å²) in [5.41, 5.74) is 0.566. The van der Waals surface area contributed by atoms with Crippen LogP contribution in [0.25, 0.3) is 0 Å². The lowest BCUT2D eigenvalue weighted by Crippen LogP contribution is -2.32. The van der Waals surface area contributed by atoms with Crippen LogP contribution in [-0.4, -0.2) is 33.5 Å². The third kappa shape index (κ3) is 3.04. The van der Waals surface area contributed by atoms with Gasteiger partial charge in [0.15, 0.2) is 11.5 Å². The van der Waals surface area contributed by atoms with Crippen molar-refractivity contribution in [3.63, 3.8) is 0 Å². The second kappa shape index (κ2) is 6.90. The van der Waals surface area contributed by atoms with Gasteiger partial charge in [-0.2, -0.15) is 0 Å². The summed E-state index contributed by atoms with van der Waals surface area (Å²) in [4.78, 5) is 0. The second-order valence-corrected chi connectivity index (χ2v) is 4.82. The molecule has 20 heavy (non-hydrogen) atoms. The predicted molar refractivity (Wildman–Crippen MR) is 74.9 cm³/mol. The molecule has 0 radical (unpaired) electrons. The fourth-order valence-electron chi connectivity index (χ4n) is 2.64. The van der Waals surface area contributed by atoms with Crippen molar-refractivity contribution >= 4 is 0 Å². The quantitative estimate of drug-likeness (QED) is 0.871. The molecule has 5 heteroatoms. The number of ether oxygens (including phenoxy) is 3. The smallest absolute Gasteiger partial charge is 0.163 e. The maximum absolute atomic E-state index is 14.3. The van der Waals surface area contributed by atoms with Gasteiger partial charge in [0.1, 0.15) is 5.82 Å². The molecule has 1 fully saturated rings. The molecule has 0 bridgehead atoms. The number of methoxy groups -OCH3 is 2. The predicted octanol–water partition coefficient (Wildman–Crippen LogP) is 2.67. The van der Waals surface area contributed by atoms with E-state index in [1.807, 2.05) is 6.92 Å². The number of benzene rings is 1. The first-order valence-corrected chi connectivity index (χ1v) is 6.97. The Morgan fingerprint density at radius 2 is 2.05 bits per heavy atom. The first kappa shape index (κ1) is 15.1. The summed E-state index contributed by atoms with van der Waals surface area (Å²) in [6, 6.07) is 2.90. The number of likely N-dealkylation sites (N-methyl/N-ethyl adjacent to an activating group) is 1. The van der Waals surface area contributed by atoms with E-state index in [1.54, 1.807) is 13.2 Å². The molecule has 0 amide bonds. The summed E-state index contributed by atoms with van der Waals surface area (Å²) < 4.78 is 30.4. The van der Waals surface area contributed by atoms with E-state index in [0.717, 1.165) is 26.0 Å². The minimum absolute atomic E-state index is 0.00236. The van der Waals surface area contributed by atoms with Gasteiger partial charge in [0.2, 0.25) is 0 Å². The molecule has 1 aliphatic heterocycles. The third-order valence-electron chi connectivity index (χ3n) is 3.60. The monoisotopic (exact) mass is 283 g/mol. The Kier molecular flexibility index (Phi) is 5.20. The Bertz CT molecular complexity index is 447. The van der Waals surface area contributed by atoms with Crippen LogP contribution in [0.1, 0.15) is 31.4 Å². The maximum atomic E-state index is 14.3. The molecule has 1 saturated heterocycles. The van der Waals surface area contributed by atoms with Gasteiger partial charge < -0.3 is 19.5 Å². The maximum Gasteiger partial charge on any atom is 0.163 e. The molecule has 1 N–H and O–H groups in total. The van der Waals surface area contributed by atoms with E-state index in [2.05, 4.69) is 5.32 Å². The highest BCUT2D eigenvalue weighted by Crippen LogP contribution is 2.35. The first-order valence-electron chi connectivity index (χ1n) is 6.97. The molecule has 0 aliphatic carbocycles. The Morgan fingerprint density at radius 1 is 1.35 bits per heavy atom. The van der Waals surface area contributed by atoms with Gasteiger partial charge in [-0.25, -0.2) is 4.39 Å². The van der Waals surface area contributed by atoms with E-state index < -0.39 is 0 Å². The molecule has 2 rings (SSSR count). The standard InChI is InChI=1S/C15H22FNO3/c1-4-17-15(12-6-5-7-20-12)10-8-13(18-2)14(19-3)9-11(10)16/h8-9,12,15,17H,4-7H2,1-3H3. The van der Waals surface area contributed by atoms with Crippen molar-refractivity contribution in [1.82, 2.24) is 5.32 Å². The van der Waals surface area contributed by atoms with Crippen molar-refractivity contribution in [3.8, 4) is 11.5 Å². The summed E-state index contributed by atoms with van der Waals surface area (Å²) in [5, 5.41) is 3.31. The van der Waals surface area contributed by atoms with E-state index in [9.17, 15) is 4.39 Å². The Morgan fingerprint density at radius 3 is 2.60 bits per heavy atom. The van der Waals surface area contributed by atoms with Gasteiger partial charge >= 0.3 is 0 Å². The van der Waals surface area contributed by atoms with Crippen LogP contribution in [0.5, 0.6) is 11.5 Å². The van der Waals surface area contributed by atoms with Gasteiger partial charge in [-0.15, -0.1) is 0 Å². The minimum atomic E-state index is -0.302. The number of nitrogens with one attached hydrogen (secondary N) is 1. The zero-order chi connectivity index (χ0) is 14.5. The zero-order valence-electron chi connectivity index (χ0n) is 12.2. The topological polar surface area (TPSA) is 39.7 Å². The van der Waals surface area contributed by atoms with Gasteiger partial charge in [0.05, 0.1) is 26.4 Å². The minimum Gasteiger partial charge on any atom is -0.493 e. The van der Waals surface area contributed by atoms with Crippen molar-refractivity contribution < 1.29 is 18.6 Å². The second-order valence-electron chi connectivity index (χ2n) is 4.82. The third-order valence-corrected chi connectivity index (χ3v) is 3.60. The summed E-state index contributed by atoms with van der Waals surface area (Å²) in [6.07, 6.45) is 1.95. The summed E-state index contributed by atoms with van der Waals surface area (Å²) in [5.74, 6) is 0.630. The Hall–Kier alpha value is -1.33. The molecule has 0 saturated carbocycles. The molecule has 0 aromatic heterocycles. The van der Waals surface area contributed by atoms with Gasteiger partial charge in [0, 0.05) is 18.2 Å². The number of hydrogen-bond acceptors (Lipinski definition) is 4. The van der Waals surface area contributed by atoms with Gasteiger partial charge in [0.25, 0.3) is 0 Å². The zero-order valence-corrected chi connectivity index (χ0v) is 12.2. The number of hydrogen-bond donors (Lipinski definition) is 1. The van der Waals surface area contributed by atoms with Crippen molar-refractivity contribution in [3.05, 3.63) is 23.5 Å². The van der Waals surface area contributed by atoms with Crippen molar-refractivity contribution in [2.75, 3.05) is 27.4 Å². The van der Waals surface area contributed by atoms with E-state index in [1.165, 1.54) is 13.2 Å². The van der Waals surface area contributed by atoms with E-state index in [-0.39, 0.29) is 18.0 Å². The summed E-state index contributed by atoms with van der Waals surface area (Å²) >= 11 is 0. The molecule has 0 spiro atoms. The highest BCUT2D eigenvalue weighted by Gasteiger charge is 2.29. The van der Waals surface area contributed by atoms with Crippen LogP contribution in [0.15, 0.2) is 12.1 Å². The summed E-state index contributed by atoms with van der Waals surface area (Å²) in [6.45, 7) is 3.49. The molecule has 1 aromatic carbocycles. The molecular formula is C15H22FNO3. The molecule has 112 valence electrons. The Labute approximate surface area is 119 Å². The van der Waals surface area contributed by atoms with Crippen LogP contribution in [0, 0.1) is 5.82 Å². The lowest BCUT2D eigenvalue weighted by molar-refractivity contribution is 0.0775. The number of halogens is 1. The average Bonchev–Trinajstić information content (AvgIpc) is 2.98. The molecule has 2 unspecified atom stereocenters. The molecule has 2 atom stereocenters. The van der Waals surface area contributed by atoms with Crippen LogP contribution in [-0.2, 0) is 4.74 Å². The number of rotatable bonds is 6. The van der Waals surface area contributed by atoms with Crippen molar-refractivity contribution in [2.45, 2.75) is 31.9 Å². The van der Waals surface area contributed by atoms with Crippen LogP contribution in [0.4, 0.5) is 4.39 Å². The molecule has 1 aromatic rings. The first-order chi connectivity index (χ1) is 9.71. The molecule has 1 aliphatic rings. The Balaban J connectivity index is 2.36. The largest absolute Gasteiger partial charge is 0.493 e. The van der Waals surface area contributed by atoms with E-state index in [0.29, 0.717) is 17.1 Å².